The molecule has 0 aliphatic carbocycles. The molecule has 1 saturated heterocycles. The average molecular weight is 238 g/mol. The van der Waals surface area contributed by atoms with Gasteiger partial charge in [0.05, 0.1) is 7.11 Å². The molecule has 5 heteroatoms. The third-order valence-corrected chi connectivity index (χ3v) is 2.80. The Bertz CT molecular complexity index is 452. The van der Waals surface area contributed by atoms with Crippen LogP contribution in [0.5, 0.6) is 5.75 Å². The Hall–Kier alpha value is -1.62. The van der Waals surface area contributed by atoms with Gasteiger partial charge in [0, 0.05) is 18.6 Å². The summed E-state index contributed by atoms with van der Waals surface area (Å²) in [6.07, 6.45) is 0. The predicted molar refractivity (Wildman–Crippen MR) is 61.4 cm³/mol. The number of amides is 1. The molecule has 1 aromatic rings. The first-order valence-electron chi connectivity index (χ1n) is 5.35. The van der Waals surface area contributed by atoms with Crippen LogP contribution in [0.2, 0.25) is 0 Å². The number of ether oxygens (including phenoxy) is 1. The van der Waals surface area contributed by atoms with Crippen LogP contribution in [0.25, 0.3) is 0 Å². The van der Waals surface area contributed by atoms with Crippen LogP contribution >= 0.6 is 0 Å². The molecule has 92 valence electrons. The van der Waals surface area contributed by atoms with Crippen molar-refractivity contribution in [2.45, 2.75) is 12.5 Å². The van der Waals surface area contributed by atoms with Crippen molar-refractivity contribution in [2.24, 2.45) is 5.73 Å². The van der Waals surface area contributed by atoms with E-state index in [0.717, 1.165) is 0 Å². The number of likely N-dealkylation sites (tertiary alicyclic amines) is 1. The van der Waals surface area contributed by atoms with Gasteiger partial charge in [0.1, 0.15) is 17.1 Å². The number of hydrogen-bond acceptors (Lipinski definition) is 3. The van der Waals surface area contributed by atoms with Crippen LogP contribution in [0.3, 0.4) is 0 Å². The van der Waals surface area contributed by atoms with Gasteiger partial charge >= 0.3 is 0 Å². The molecule has 0 bridgehead atoms. The third kappa shape index (κ3) is 2.10. The Morgan fingerprint density at radius 3 is 2.71 bits per heavy atom. The van der Waals surface area contributed by atoms with Crippen molar-refractivity contribution in [3.8, 4) is 5.75 Å². The molecule has 0 aromatic heterocycles. The van der Waals surface area contributed by atoms with Crippen molar-refractivity contribution in [3.63, 3.8) is 0 Å². The van der Waals surface area contributed by atoms with Gasteiger partial charge in [-0.3, -0.25) is 4.79 Å². The van der Waals surface area contributed by atoms with E-state index in [9.17, 15) is 9.18 Å². The first-order valence-corrected chi connectivity index (χ1v) is 5.35. The van der Waals surface area contributed by atoms with Crippen LogP contribution < -0.4 is 10.5 Å². The van der Waals surface area contributed by atoms with E-state index in [2.05, 4.69) is 0 Å². The van der Waals surface area contributed by atoms with Crippen LogP contribution in [0.4, 0.5) is 4.39 Å². The van der Waals surface area contributed by atoms with Gasteiger partial charge in [-0.1, -0.05) is 6.07 Å². The molecule has 1 heterocycles. The first-order chi connectivity index (χ1) is 7.94. The summed E-state index contributed by atoms with van der Waals surface area (Å²) in [5, 5.41) is 0. The molecule has 0 saturated carbocycles. The number of carbonyl (C=O) groups is 1. The molecule has 2 rings (SSSR count). The lowest BCUT2D eigenvalue weighted by Gasteiger charge is -2.45. The van der Waals surface area contributed by atoms with Crippen molar-refractivity contribution >= 4 is 5.91 Å². The molecule has 17 heavy (non-hydrogen) atoms. The van der Waals surface area contributed by atoms with Gasteiger partial charge in [0.2, 0.25) is 0 Å². The second-order valence-electron chi connectivity index (χ2n) is 4.63. The number of rotatable bonds is 2. The maximum atomic E-state index is 13.6. The van der Waals surface area contributed by atoms with Crippen LogP contribution in [-0.4, -0.2) is 36.5 Å². The number of nitrogens with zero attached hydrogens (tertiary/aromatic N) is 1. The van der Waals surface area contributed by atoms with Crippen molar-refractivity contribution in [3.05, 3.63) is 29.6 Å². The second-order valence-corrected chi connectivity index (χ2v) is 4.63. The standard InChI is InChI=1S/C12H15FN2O2/c1-12(14)6-15(7-12)11(16)10-8(13)4-3-5-9(10)17-2/h3-5H,6-7,14H2,1-2H3. The normalized spacial score (nSPS) is 17.5. The van der Waals surface area contributed by atoms with E-state index in [1.807, 2.05) is 6.92 Å². The lowest BCUT2D eigenvalue weighted by atomic mass is 9.93. The molecular formula is C12H15FN2O2. The highest BCUT2D eigenvalue weighted by atomic mass is 19.1. The Balaban J connectivity index is 2.26. The van der Waals surface area contributed by atoms with Gasteiger partial charge in [-0.25, -0.2) is 4.39 Å². The number of benzene rings is 1. The molecule has 0 atom stereocenters. The zero-order chi connectivity index (χ0) is 12.6. The summed E-state index contributed by atoms with van der Waals surface area (Å²) in [4.78, 5) is 13.6. The summed E-state index contributed by atoms with van der Waals surface area (Å²) in [6, 6.07) is 4.32. The van der Waals surface area contributed by atoms with Crippen molar-refractivity contribution in [1.29, 1.82) is 0 Å². The van der Waals surface area contributed by atoms with Crippen LogP contribution in [-0.2, 0) is 0 Å². The van der Waals surface area contributed by atoms with Gasteiger partial charge in [0.25, 0.3) is 5.91 Å². The molecule has 0 radical (unpaired) electrons. The van der Waals surface area contributed by atoms with Gasteiger partial charge in [0.15, 0.2) is 0 Å². The van der Waals surface area contributed by atoms with Crippen molar-refractivity contribution in [1.82, 2.24) is 4.90 Å². The number of nitrogens with two attached hydrogens (primary N) is 1. The topological polar surface area (TPSA) is 55.6 Å². The lowest BCUT2D eigenvalue weighted by molar-refractivity contribution is 0.0445. The molecule has 1 aliphatic heterocycles. The molecule has 1 fully saturated rings. The molecule has 0 spiro atoms. The Labute approximate surface area is 99.2 Å². The van der Waals surface area contributed by atoms with Crippen LogP contribution in [0.15, 0.2) is 18.2 Å². The number of methoxy groups -OCH3 is 1. The highest BCUT2D eigenvalue weighted by molar-refractivity contribution is 5.97. The van der Waals surface area contributed by atoms with E-state index in [0.29, 0.717) is 13.1 Å². The quantitative estimate of drug-likeness (QED) is 0.836. The van der Waals surface area contributed by atoms with E-state index >= 15 is 0 Å². The highest BCUT2D eigenvalue weighted by Gasteiger charge is 2.39. The Morgan fingerprint density at radius 2 is 2.18 bits per heavy atom. The van der Waals surface area contributed by atoms with Crippen LogP contribution in [0.1, 0.15) is 17.3 Å². The number of halogens is 1. The molecule has 1 aromatic carbocycles. The van der Waals surface area contributed by atoms with E-state index in [4.69, 9.17) is 10.5 Å². The first kappa shape index (κ1) is 11.9. The second kappa shape index (κ2) is 4.00. The van der Waals surface area contributed by atoms with E-state index in [1.165, 1.54) is 24.1 Å². The summed E-state index contributed by atoms with van der Waals surface area (Å²) in [5.74, 6) is -0.691. The summed E-state index contributed by atoms with van der Waals surface area (Å²) < 4.78 is 18.6. The molecule has 2 N–H and O–H groups in total. The Morgan fingerprint density at radius 1 is 1.53 bits per heavy atom. The number of hydrogen-bond donors (Lipinski definition) is 1. The maximum Gasteiger partial charge on any atom is 0.260 e. The average Bonchev–Trinajstić information content (AvgIpc) is 2.24. The lowest BCUT2D eigenvalue weighted by Crippen LogP contribution is -2.66. The smallest absolute Gasteiger partial charge is 0.260 e. The van der Waals surface area contributed by atoms with Crippen molar-refractivity contribution < 1.29 is 13.9 Å². The summed E-state index contributed by atoms with van der Waals surface area (Å²) in [6.45, 7) is 2.72. The van der Waals surface area contributed by atoms with Crippen LogP contribution in [0, 0.1) is 5.82 Å². The van der Waals surface area contributed by atoms with E-state index < -0.39 is 5.82 Å². The van der Waals surface area contributed by atoms with E-state index in [-0.39, 0.29) is 22.8 Å². The molecular weight excluding hydrogens is 223 g/mol. The molecule has 4 nitrogen and oxygen atoms in total. The van der Waals surface area contributed by atoms with E-state index in [1.54, 1.807) is 6.07 Å². The zero-order valence-corrected chi connectivity index (χ0v) is 9.87. The maximum absolute atomic E-state index is 13.6. The Kier molecular flexibility index (Phi) is 2.79. The SMILES string of the molecule is COc1cccc(F)c1C(=O)N1CC(C)(N)C1. The molecule has 1 aliphatic rings. The minimum atomic E-state index is -0.569. The molecule has 1 amide bonds. The van der Waals surface area contributed by atoms with Crippen molar-refractivity contribution in [2.75, 3.05) is 20.2 Å². The molecule has 0 unspecified atom stereocenters. The highest BCUT2D eigenvalue weighted by Crippen LogP contribution is 2.26. The summed E-state index contributed by atoms with van der Waals surface area (Å²) in [7, 11) is 1.41. The monoisotopic (exact) mass is 238 g/mol. The fraction of sp³-hybridized carbons (Fsp3) is 0.417. The fourth-order valence-corrected chi connectivity index (χ4v) is 2.01. The predicted octanol–water partition coefficient (Wildman–Crippen LogP) is 1.01. The summed E-state index contributed by atoms with van der Waals surface area (Å²) >= 11 is 0. The largest absolute Gasteiger partial charge is 0.496 e. The minimum Gasteiger partial charge on any atom is -0.496 e. The minimum absolute atomic E-state index is 0.0227. The summed E-state index contributed by atoms with van der Waals surface area (Å²) in [5.41, 5.74) is 5.43. The third-order valence-electron chi connectivity index (χ3n) is 2.80. The van der Waals surface area contributed by atoms with Gasteiger partial charge in [-0.05, 0) is 19.1 Å². The van der Waals surface area contributed by atoms with Gasteiger partial charge in [-0.15, -0.1) is 0 Å². The fourth-order valence-electron chi connectivity index (χ4n) is 2.01. The van der Waals surface area contributed by atoms with Gasteiger partial charge in [-0.2, -0.15) is 0 Å². The van der Waals surface area contributed by atoms with Gasteiger partial charge < -0.3 is 15.4 Å². The number of carbonyl (C=O) groups excluding carboxylic acids is 1. The zero-order valence-electron chi connectivity index (χ0n) is 9.87.